The van der Waals surface area contributed by atoms with E-state index in [9.17, 15) is 9.59 Å². The zero-order valence-corrected chi connectivity index (χ0v) is 16.5. The summed E-state index contributed by atoms with van der Waals surface area (Å²) in [6, 6.07) is 12.0. The van der Waals surface area contributed by atoms with Gasteiger partial charge in [0.2, 0.25) is 0 Å². The lowest BCUT2D eigenvalue weighted by Crippen LogP contribution is -3.11. The minimum Gasteiger partial charge on any atom is -0.465 e. The van der Waals surface area contributed by atoms with E-state index >= 15 is 0 Å². The van der Waals surface area contributed by atoms with Gasteiger partial charge in [0.1, 0.15) is 6.54 Å². The number of methoxy groups -OCH3 is 1. The summed E-state index contributed by atoms with van der Waals surface area (Å²) in [5.41, 5.74) is 3.38. The van der Waals surface area contributed by atoms with Gasteiger partial charge in [-0.05, 0) is 61.7 Å². The Balaban J connectivity index is 1.44. The van der Waals surface area contributed by atoms with Crippen LogP contribution < -0.4 is 10.2 Å². The number of esters is 1. The Kier molecular flexibility index (Phi) is 5.57. The summed E-state index contributed by atoms with van der Waals surface area (Å²) < 4.78 is 4.67. The van der Waals surface area contributed by atoms with Crippen molar-refractivity contribution in [3.8, 4) is 0 Å². The molecule has 0 unspecified atom stereocenters. The fraction of sp³-hybridized carbons (Fsp3) is 0.318. The molecule has 7 nitrogen and oxygen atoms in total. The summed E-state index contributed by atoms with van der Waals surface area (Å²) in [7, 11) is 1.33. The monoisotopic (exact) mass is 393 g/mol. The van der Waals surface area contributed by atoms with Crippen molar-refractivity contribution in [3.05, 3.63) is 59.4 Å². The molecule has 1 aliphatic rings. The largest absolute Gasteiger partial charge is 0.465 e. The number of nitrogens with zero attached hydrogens (tertiary/aromatic N) is 1. The maximum absolute atomic E-state index is 12.5. The van der Waals surface area contributed by atoms with Gasteiger partial charge < -0.3 is 19.9 Å². The number of hydrogen-bond acceptors (Lipinski definition) is 4. The van der Waals surface area contributed by atoms with E-state index in [0.717, 1.165) is 23.4 Å². The molecule has 150 valence electrons. The van der Waals surface area contributed by atoms with Crippen molar-refractivity contribution < 1.29 is 19.2 Å². The SMILES string of the molecule is COC(=O)c1ccc(C(=O)Nc2ccc3nc(C[NH+]4CCCCC4)[nH]c3c2)cc1. The van der Waals surface area contributed by atoms with Gasteiger partial charge in [0.25, 0.3) is 5.91 Å². The Labute approximate surface area is 169 Å². The van der Waals surface area contributed by atoms with Gasteiger partial charge in [0.15, 0.2) is 5.82 Å². The molecule has 1 aromatic heterocycles. The number of quaternary nitrogens is 1. The van der Waals surface area contributed by atoms with Crippen LogP contribution in [0.3, 0.4) is 0 Å². The molecule has 1 saturated heterocycles. The highest BCUT2D eigenvalue weighted by atomic mass is 16.5. The molecular weight excluding hydrogens is 368 g/mol. The summed E-state index contributed by atoms with van der Waals surface area (Å²) in [4.78, 5) is 33.7. The first kappa shape index (κ1) is 19.1. The van der Waals surface area contributed by atoms with Crippen molar-refractivity contribution in [2.75, 3.05) is 25.5 Å². The second-order valence-electron chi connectivity index (χ2n) is 7.43. The predicted molar refractivity (Wildman–Crippen MR) is 110 cm³/mol. The van der Waals surface area contributed by atoms with E-state index in [1.807, 2.05) is 18.2 Å². The van der Waals surface area contributed by atoms with Crippen LogP contribution in [0.1, 0.15) is 45.8 Å². The number of piperidine rings is 1. The number of fused-ring (bicyclic) bond motifs is 1. The third-order valence-corrected chi connectivity index (χ3v) is 5.34. The minimum atomic E-state index is -0.427. The molecule has 3 aromatic rings. The molecule has 3 N–H and O–H groups in total. The van der Waals surface area contributed by atoms with E-state index in [1.54, 1.807) is 29.2 Å². The summed E-state index contributed by atoms with van der Waals surface area (Å²) in [5.74, 6) is 0.320. The van der Waals surface area contributed by atoms with Crippen LogP contribution in [0.25, 0.3) is 11.0 Å². The fourth-order valence-corrected chi connectivity index (χ4v) is 3.77. The number of H-pyrrole nitrogens is 1. The highest BCUT2D eigenvalue weighted by molar-refractivity contribution is 6.05. The summed E-state index contributed by atoms with van der Waals surface area (Å²) >= 11 is 0. The second-order valence-corrected chi connectivity index (χ2v) is 7.43. The molecule has 0 aliphatic carbocycles. The van der Waals surface area contributed by atoms with E-state index in [-0.39, 0.29) is 5.91 Å². The van der Waals surface area contributed by atoms with Crippen LogP contribution in [-0.2, 0) is 11.3 Å². The molecular formula is C22H25N4O3+. The molecule has 1 fully saturated rings. The number of imidazole rings is 1. The Morgan fingerprint density at radius 3 is 2.52 bits per heavy atom. The van der Waals surface area contributed by atoms with Gasteiger partial charge in [-0.1, -0.05) is 0 Å². The first-order valence-electron chi connectivity index (χ1n) is 9.94. The number of hydrogen-bond donors (Lipinski definition) is 3. The lowest BCUT2D eigenvalue weighted by Gasteiger charge is -2.22. The van der Waals surface area contributed by atoms with Crippen LogP contribution in [0, 0.1) is 0 Å². The zero-order chi connectivity index (χ0) is 20.2. The number of nitrogens with one attached hydrogen (secondary N) is 3. The van der Waals surface area contributed by atoms with Crippen LogP contribution in [0.4, 0.5) is 5.69 Å². The van der Waals surface area contributed by atoms with Gasteiger partial charge in [-0.15, -0.1) is 0 Å². The van der Waals surface area contributed by atoms with Crippen molar-refractivity contribution in [3.63, 3.8) is 0 Å². The van der Waals surface area contributed by atoms with E-state index in [1.165, 1.54) is 39.5 Å². The number of aromatic nitrogens is 2. The highest BCUT2D eigenvalue weighted by Crippen LogP contribution is 2.18. The standard InChI is InChI=1S/C22H24N4O3/c1-29-22(28)16-7-5-15(6-8-16)21(27)23-17-9-10-18-19(13-17)25-20(24-18)14-26-11-3-2-4-12-26/h5-10,13H,2-4,11-12,14H2,1H3,(H,23,27)(H,24,25)/p+1. The fourth-order valence-electron chi connectivity index (χ4n) is 3.77. The smallest absolute Gasteiger partial charge is 0.337 e. The zero-order valence-electron chi connectivity index (χ0n) is 16.5. The van der Waals surface area contributed by atoms with Crippen LogP contribution in [0.2, 0.25) is 0 Å². The summed E-state index contributed by atoms with van der Waals surface area (Å²) in [6.45, 7) is 3.31. The van der Waals surface area contributed by atoms with Crippen LogP contribution in [0.5, 0.6) is 0 Å². The minimum absolute atomic E-state index is 0.238. The van der Waals surface area contributed by atoms with E-state index < -0.39 is 5.97 Å². The Hall–Kier alpha value is -3.19. The summed E-state index contributed by atoms with van der Waals surface area (Å²) in [6.07, 6.45) is 3.90. The van der Waals surface area contributed by atoms with Gasteiger partial charge in [-0.25, -0.2) is 9.78 Å². The Morgan fingerprint density at radius 1 is 1.07 bits per heavy atom. The van der Waals surface area contributed by atoms with Crippen LogP contribution >= 0.6 is 0 Å². The van der Waals surface area contributed by atoms with Crippen molar-refractivity contribution in [1.29, 1.82) is 0 Å². The molecule has 4 rings (SSSR count). The number of likely N-dealkylation sites (tertiary alicyclic amines) is 1. The molecule has 1 amide bonds. The normalized spacial score (nSPS) is 14.7. The Morgan fingerprint density at radius 2 is 1.79 bits per heavy atom. The van der Waals surface area contributed by atoms with Gasteiger partial charge in [0.05, 0.1) is 36.8 Å². The maximum atomic E-state index is 12.5. The third kappa shape index (κ3) is 4.46. The van der Waals surface area contributed by atoms with E-state index in [2.05, 4.69) is 20.0 Å². The van der Waals surface area contributed by atoms with Crippen molar-refractivity contribution in [2.24, 2.45) is 0 Å². The van der Waals surface area contributed by atoms with Crippen molar-refractivity contribution in [1.82, 2.24) is 9.97 Å². The average Bonchev–Trinajstić information content (AvgIpc) is 3.15. The number of amides is 1. The number of ether oxygens (including phenoxy) is 1. The van der Waals surface area contributed by atoms with Crippen LogP contribution in [-0.4, -0.2) is 42.0 Å². The number of anilines is 1. The molecule has 0 bridgehead atoms. The average molecular weight is 393 g/mol. The third-order valence-electron chi connectivity index (χ3n) is 5.34. The molecule has 7 heteroatoms. The molecule has 0 spiro atoms. The van der Waals surface area contributed by atoms with Crippen LogP contribution in [0.15, 0.2) is 42.5 Å². The number of carbonyl (C=O) groups is 2. The second kappa shape index (κ2) is 8.45. The molecule has 29 heavy (non-hydrogen) atoms. The summed E-state index contributed by atoms with van der Waals surface area (Å²) in [5, 5.41) is 2.90. The molecule has 2 heterocycles. The van der Waals surface area contributed by atoms with Gasteiger partial charge in [-0.3, -0.25) is 4.79 Å². The van der Waals surface area contributed by atoms with E-state index in [4.69, 9.17) is 0 Å². The number of carbonyl (C=O) groups excluding carboxylic acids is 2. The molecule has 1 aliphatic heterocycles. The molecule has 0 atom stereocenters. The lowest BCUT2D eigenvalue weighted by atomic mass is 10.1. The topological polar surface area (TPSA) is 88.5 Å². The predicted octanol–water partition coefficient (Wildman–Crippen LogP) is 2.17. The van der Waals surface area contributed by atoms with Gasteiger partial charge in [0, 0.05) is 11.3 Å². The first-order valence-corrected chi connectivity index (χ1v) is 9.94. The number of benzene rings is 2. The number of aromatic amines is 1. The lowest BCUT2D eigenvalue weighted by molar-refractivity contribution is -0.919. The quantitative estimate of drug-likeness (QED) is 0.580. The Bertz CT molecular complexity index is 1020. The molecule has 0 radical (unpaired) electrons. The molecule has 2 aromatic carbocycles. The van der Waals surface area contributed by atoms with Gasteiger partial charge >= 0.3 is 5.97 Å². The number of rotatable bonds is 5. The maximum Gasteiger partial charge on any atom is 0.337 e. The first-order chi connectivity index (χ1) is 14.1. The van der Waals surface area contributed by atoms with E-state index in [0.29, 0.717) is 16.8 Å². The van der Waals surface area contributed by atoms with Crippen molar-refractivity contribution in [2.45, 2.75) is 25.8 Å². The molecule has 0 saturated carbocycles. The highest BCUT2D eigenvalue weighted by Gasteiger charge is 2.16. The van der Waals surface area contributed by atoms with Gasteiger partial charge in [-0.2, -0.15) is 0 Å². The van der Waals surface area contributed by atoms with Crippen molar-refractivity contribution >= 4 is 28.6 Å².